The molecule has 0 unspecified atom stereocenters. The molecule has 0 amide bonds. The highest BCUT2D eigenvalue weighted by molar-refractivity contribution is 9.10. The van der Waals surface area contributed by atoms with E-state index in [0.717, 1.165) is 5.56 Å². The molecule has 0 aliphatic heterocycles. The van der Waals surface area contributed by atoms with Crippen LogP contribution < -0.4 is 4.74 Å². The SMILES string of the molecule is O=C(COc1ccc(Br)cc1[N+](=O)[O-])Cc1ccccc1. The minimum absolute atomic E-state index is 0.0876. The Hall–Kier alpha value is -2.21. The molecular weight excluding hydrogens is 338 g/mol. The molecule has 0 radical (unpaired) electrons. The van der Waals surface area contributed by atoms with Gasteiger partial charge in [0.2, 0.25) is 0 Å². The van der Waals surface area contributed by atoms with Gasteiger partial charge in [0.15, 0.2) is 11.5 Å². The van der Waals surface area contributed by atoms with Crippen LogP contribution in [-0.2, 0) is 11.2 Å². The minimum Gasteiger partial charge on any atom is -0.479 e. The number of halogens is 1. The molecule has 0 spiro atoms. The van der Waals surface area contributed by atoms with Crippen LogP contribution in [0.2, 0.25) is 0 Å². The van der Waals surface area contributed by atoms with Gasteiger partial charge in [-0.15, -0.1) is 0 Å². The van der Waals surface area contributed by atoms with Gasteiger partial charge in [0.05, 0.1) is 4.92 Å². The van der Waals surface area contributed by atoms with Gasteiger partial charge in [-0.1, -0.05) is 46.3 Å². The van der Waals surface area contributed by atoms with E-state index in [1.807, 2.05) is 30.3 Å². The molecule has 0 atom stereocenters. The summed E-state index contributed by atoms with van der Waals surface area (Å²) in [6, 6.07) is 13.7. The molecule has 0 aliphatic rings. The molecule has 0 aromatic heterocycles. The van der Waals surface area contributed by atoms with Crippen LogP contribution >= 0.6 is 15.9 Å². The number of Topliss-reactive ketones (excluding diaryl/α,β-unsaturated/α-hetero) is 1. The number of nitrogens with zero attached hydrogens (tertiary/aromatic N) is 1. The Bertz CT molecular complexity index is 658. The van der Waals surface area contributed by atoms with Crippen LogP contribution in [-0.4, -0.2) is 17.3 Å². The van der Waals surface area contributed by atoms with Crippen LogP contribution in [0.1, 0.15) is 5.56 Å². The summed E-state index contributed by atoms with van der Waals surface area (Å²) in [5.74, 6) is -0.0528. The summed E-state index contributed by atoms with van der Waals surface area (Å²) in [5, 5.41) is 10.9. The van der Waals surface area contributed by atoms with E-state index in [4.69, 9.17) is 4.74 Å². The average Bonchev–Trinajstić information content (AvgIpc) is 2.47. The first-order valence-corrected chi connectivity index (χ1v) is 6.98. The number of rotatable bonds is 6. The van der Waals surface area contributed by atoms with Crippen LogP contribution in [0.5, 0.6) is 5.75 Å². The maximum absolute atomic E-state index is 11.8. The zero-order valence-electron chi connectivity index (χ0n) is 11.0. The Morgan fingerprint density at radius 1 is 1.19 bits per heavy atom. The summed E-state index contributed by atoms with van der Waals surface area (Å²) in [6.07, 6.45) is 0.241. The highest BCUT2D eigenvalue weighted by atomic mass is 79.9. The summed E-state index contributed by atoms with van der Waals surface area (Å²) >= 11 is 3.16. The number of hydrogen-bond donors (Lipinski definition) is 0. The van der Waals surface area contributed by atoms with Crippen LogP contribution in [0.25, 0.3) is 0 Å². The third-order valence-electron chi connectivity index (χ3n) is 2.75. The first-order chi connectivity index (χ1) is 10.1. The molecule has 0 heterocycles. The summed E-state index contributed by atoms with van der Waals surface area (Å²) in [4.78, 5) is 22.2. The largest absolute Gasteiger partial charge is 0.479 e. The van der Waals surface area contributed by atoms with Crippen LogP contribution in [0.4, 0.5) is 5.69 Å². The van der Waals surface area contributed by atoms with Crippen LogP contribution in [0, 0.1) is 10.1 Å². The Morgan fingerprint density at radius 3 is 2.57 bits per heavy atom. The van der Waals surface area contributed by atoms with Crippen molar-refractivity contribution in [3.63, 3.8) is 0 Å². The zero-order valence-corrected chi connectivity index (χ0v) is 12.6. The Morgan fingerprint density at radius 2 is 1.90 bits per heavy atom. The fourth-order valence-electron chi connectivity index (χ4n) is 1.79. The summed E-state index contributed by atoms with van der Waals surface area (Å²) < 4.78 is 5.86. The first-order valence-electron chi connectivity index (χ1n) is 6.18. The van der Waals surface area contributed by atoms with Crippen molar-refractivity contribution >= 4 is 27.4 Å². The molecule has 0 saturated carbocycles. The van der Waals surface area contributed by atoms with Crippen molar-refractivity contribution in [2.24, 2.45) is 0 Å². The van der Waals surface area contributed by atoms with Gasteiger partial charge in [0, 0.05) is 17.0 Å². The van der Waals surface area contributed by atoms with Crippen LogP contribution in [0.3, 0.4) is 0 Å². The van der Waals surface area contributed by atoms with E-state index in [1.54, 1.807) is 6.07 Å². The van der Waals surface area contributed by atoms with Gasteiger partial charge in [0.1, 0.15) is 6.61 Å². The molecule has 2 rings (SSSR count). The molecule has 0 aliphatic carbocycles. The van der Waals surface area contributed by atoms with Crippen molar-refractivity contribution in [3.8, 4) is 5.75 Å². The number of benzene rings is 2. The summed E-state index contributed by atoms with van der Waals surface area (Å²) in [6.45, 7) is -0.197. The number of nitro groups is 1. The number of ketones is 1. The lowest BCUT2D eigenvalue weighted by atomic mass is 10.1. The minimum atomic E-state index is -0.540. The zero-order chi connectivity index (χ0) is 15.2. The summed E-state index contributed by atoms with van der Waals surface area (Å²) in [7, 11) is 0. The predicted molar refractivity (Wildman–Crippen MR) is 81.4 cm³/mol. The van der Waals surface area contributed by atoms with Crippen molar-refractivity contribution in [1.29, 1.82) is 0 Å². The molecular formula is C15H12BrNO4. The van der Waals surface area contributed by atoms with Crippen LogP contribution in [0.15, 0.2) is 53.0 Å². The Kier molecular flexibility index (Phi) is 5.05. The van der Waals surface area contributed by atoms with Crippen molar-refractivity contribution in [3.05, 3.63) is 68.7 Å². The van der Waals surface area contributed by atoms with Crippen molar-refractivity contribution < 1.29 is 14.5 Å². The lowest BCUT2D eigenvalue weighted by Gasteiger charge is -2.06. The normalized spacial score (nSPS) is 10.1. The molecule has 2 aromatic rings. The predicted octanol–water partition coefficient (Wildman–Crippen LogP) is 3.55. The third kappa shape index (κ3) is 4.39. The van der Waals surface area contributed by atoms with E-state index in [9.17, 15) is 14.9 Å². The summed E-state index contributed by atoms with van der Waals surface area (Å²) in [5.41, 5.74) is 0.716. The van der Waals surface area contributed by atoms with Crippen molar-refractivity contribution in [2.75, 3.05) is 6.61 Å². The van der Waals surface area contributed by atoms with E-state index in [1.165, 1.54) is 12.1 Å². The highest BCUT2D eigenvalue weighted by Gasteiger charge is 2.16. The second-order valence-corrected chi connectivity index (χ2v) is 5.27. The molecule has 6 heteroatoms. The second kappa shape index (κ2) is 6.99. The number of nitro benzene ring substituents is 1. The third-order valence-corrected chi connectivity index (χ3v) is 3.24. The van der Waals surface area contributed by atoms with E-state index >= 15 is 0 Å². The molecule has 0 N–H and O–H groups in total. The molecule has 5 nitrogen and oxygen atoms in total. The molecule has 2 aromatic carbocycles. The van der Waals surface area contributed by atoms with E-state index in [-0.39, 0.29) is 30.2 Å². The topological polar surface area (TPSA) is 69.4 Å². The van der Waals surface area contributed by atoms with Gasteiger partial charge in [-0.2, -0.15) is 0 Å². The molecule has 0 fully saturated rings. The van der Waals surface area contributed by atoms with E-state index in [2.05, 4.69) is 15.9 Å². The smallest absolute Gasteiger partial charge is 0.312 e. The quantitative estimate of drug-likeness (QED) is 0.590. The molecule has 21 heavy (non-hydrogen) atoms. The monoisotopic (exact) mass is 349 g/mol. The standard InChI is InChI=1S/C15H12BrNO4/c16-12-6-7-15(14(9-12)17(19)20)21-10-13(18)8-11-4-2-1-3-5-11/h1-7,9H,8,10H2. The number of hydrogen-bond acceptors (Lipinski definition) is 4. The second-order valence-electron chi connectivity index (χ2n) is 4.36. The van der Waals surface area contributed by atoms with Gasteiger partial charge in [-0.3, -0.25) is 14.9 Å². The average molecular weight is 350 g/mol. The Labute approximate surface area is 129 Å². The molecule has 0 bridgehead atoms. The number of ether oxygens (including phenoxy) is 1. The number of carbonyl (C=O) groups is 1. The lowest BCUT2D eigenvalue weighted by Crippen LogP contribution is -2.14. The first kappa shape index (κ1) is 15.2. The fraction of sp³-hybridized carbons (Fsp3) is 0.133. The van der Waals surface area contributed by atoms with Gasteiger partial charge in [-0.25, -0.2) is 0 Å². The van der Waals surface area contributed by atoms with Gasteiger partial charge < -0.3 is 4.74 Å². The Balaban J connectivity index is 2.00. The van der Waals surface area contributed by atoms with Gasteiger partial charge >= 0.3 is 5.69 Å². The van der Waals surface area contributed by atoms with Gasteiger partial charge in [-0.05, 0) is 17.7 Å². The van der Waals surface area contributed by atoms with Crippen molar-refractivity contribution in [2.45, 2.75) is 6.42 Å². The molecule has 0 saturated heterocycles. The van der Waals surface area contributed by atoms with E-state index < -0.39 is 4.92 Å². The van der Waals surface area contributed by atoms with Crippen molar-refractivity contribution in [1.82, 2.24) is 0 Å². The highest BCUT2D eigenvalue weighted by Crippen LogP contribution is 2.30. The lowest BCUT2D eigenvalue weighted by molar-refractivity contribution is -0.385. The number of carbonyl (C=O) groups excluding carboxylic acids is 1. The maximum atomic E-state index is 11.8. The van der Waals surface area contributed by atoms with Gasteiger partial charge in [0.25, 0.3) is 0 Å². The molecule has 108 valence electrons. The van der Waals surface area contributed by atoms with E-state index in [0.29, 0.717) is 4.47 Å². The maximum Gasteiger partial charge on any atom is 0.312 e. The fourth-order valence-corrected chi connectivity index (χ4v) is 2.14.